The van der Waals surface area contributed by atoms with Crippen molar-refractivity contribution in [1.82, 2.24) is 24.3 Å². The molecule has 3 heterocycles. The summed E-state index contributed by atoms with van der Waals surface area (Å²) in [6, 6.07) is 5.61. The van der Waals surface area contributed by atoms with Gasteiger partial charge in [-0.15, -0.1) is 0 Å². The van der Waals surface area contributed by atoms with Crippen LogP contribution in [-0.4, -0.2) is 30.4 Å². The fourth-order valence-electron chi connectivity index (χ4n) is 4.56. The van der Waals surface area contributed by atoms with E-state index in [1.165, 1.54) is 0 Å². The molecular weight excluding hydrogens is 368 g/mol. The smallest absolute Gasteiger partial charge is 0.267 e. The lowest BCUT2D eigenvalue weighted by atomic mass is 9.91. The molecular formula is C21H24N6O2. The Labute approximate surface area is 167 Å². The number of anilines is 1. The lowest BCUT2D eigenvalue weighted by molar-refractivity contribution is 0.301. The highest BCUT2D eigenvalue weighted by molar-refractivity contribution is 5.74. The molecule has 0 aliphatic heterocycles. The molecule has 2 aliphatic rings. The second kappa shape index (κ2) is 7.09. The number of rotatable bonds is 3. The normalized spacial score (nSPS) is 21.3. The van der Waals surface area contributed by atoms with Crippen molar-refractivity contribution in [2.75, 3.05) is 5.32 Å². The van der Waals surface area contributed by atoms with Crippen LogP contribution in [-0.2, 0) is 19.9 Å². The first-order chi connectivity index (χ1) is 14.1. The van der Waals surface area contributed by atoms with Crippen LogP contribution >= 0.6 is 0 Å². The van der Waals surface area contributed by atoms with Gasteiger partial charge in [-0.3, -0.25) is 14.2 Å². The highest BCUT2D eigenvalue weighted by atomic mass is 16.1. The van der Waals surface area contributed by atoms with Gasteiger partial charge in [-0.1, -0.05) is 0 Å². The number of aryl methyl sites for hydroxylation is 2. The topological polar surface area (TPSA) is 94.7 Å². The predicted octanol–water partition coefficient (Wildman–Crippen LogP) is 1.97. The van der Waals surface area contributed by atoms with E-state index in [4.69, 9.17) is 0 Å². The second-order valence-electron chi connectivity index (χ2n) is 8.08. The van der Waals surface area contributed by atoms with Gasteiger partial charge in [0.2, 0.25) is 5.95 Å². The third kappa shape index (κ3) is 3.22. The molecule has 1 fully saturated rings. The van der Waals surface area contributed by atoms with Gasteiger partial charge in [-0.25, -0.2) is 9.67 Å². The number of fused-ring (bicyclic) bond motifs is 2. The standard InChI is InChI=1S/C21H24N6O2/c1-26-20(29)16-5-3-11-22-19(16)24-21(26)23-14-7-9-15(10-8-14)27-18(28)12-13-4-2-6-17(13)25-27/h3,5,11-12,14-15H,2,4,6-10H2,1H3,(H,22,23,24). The molecule has 0 amide bonds. The highest BCUT2D eigenvalue weighted by Gasteiger charge is 2.26. The lowest BCUT2D eigenvalue weighted by Gasteiger charge is -2.30. The van der Waals surface area contributed by atoms with Crippen molar-refractivity contribution >= 4 is 17.0 Å². The SMILES string of the molecule is Cn1c(NC2CCC(n3nc4c(cc3=O)CCC4)CC2)nc2ncccc2c1=O. The summed E-state index contributed by atoms with van der Waals surface area (Å²) in [6.07, 6.45) is 8.23. The second-order valence-corrected chi connectivity index (χ2v) is 8.08. The van der Waals surface area contributed by atoms with Crippen molar-refractivity contribution in [2.45, 2.75) is 57.0 Å². The van der Waals surface area contributed by atoms with Crippen LogP contribution < -0.4 is 16.4 Å². The molecule has 0 spiro atoms. The summed E-state index contributed by atoms with van der Waals surface area (Å²) in [5.41, 5.74) is 2.59. The number of hydrogen-bond donors (Lipinski definition) is 1. The van der Waals surface area contributed by atoms with E-state index in [1.54, 1.807) is 40.7 Å². The maximum Gasteiger partial charge on any atom is 0.267 e. The van der Waals surface area contributed by atoms with Crippen LogP contribution in [0.2, 0.25) is 0 Å². The Morgan fingerprint density at radius 1 is 1.14 bits per heavy atom. The molecule has 0 aromatic carbocycles. The summed E-state index contributed by atoms with van der Waals surface area (Å²) >= 11 is 0. The number of nitrogens with one attached hydrogen (secondary N) is 1. The summed E-state index contributed by atoms with van der Waals surface area (Å²) in [7, 11) is 1.73. The molecule has 2 aliphatic carbocycles. The number of pyridine rings is 1. The van der Waals surface area contributed by atoms with Crippen LogP contribution in [0.3, 0.4) is 0 Å². The molecule has 3 aromatic heterocycles. The van der Waals surface area contributed by atoms with E-state index in [0.717, 1.165) is 56.2 Å². The Balaban J connectivity index is 1.32. The molecule has 8 heteroatoms. The minimum Gasteiger partial charge on any atom is -0.353 e. The van der Waals surface area contributed by atoms with Gasteiger partial charge in [0.05, 0.1) is 17.1 Å². The first-order valence-corrected chi connectivity index (χ1v) is 10.3. The van der Waals surface area contributed by atoms with E-state index in [0.29, 0.717) is 17.0 Å². The van der Waals surface area contributed by atoms with Gasteiger partial charge in [0.1, 0.15) is 0 Å². The van der Waals surface area contributed by atoms with Gasteiger partial charge in [0.25, 0.3) is 11.1 Å². The molecule has 0 atom stereocenters. The zero-order valence-electron chi connectivity index (χ0n) is 16.5. The third-order valence-corrected chi connectivity index (χ3v) is 6.21. The zero-order valence-corrected chi connectivity index (χ0v) is 16.5. The van der Waals surface area contributed by atoms with E-state index >= 15 is 0 Å². The van der Waals surface area contributed by atoms with Crippen molar-refractivity contribution in [3.8, 4) is 0 Å². The first-order valence-electron chi connectivity index (χ1n) is 10.3. The van der Waals surface area contributed by atoms with Crippen LogP contribution in [0.5, 0.6) is 0 Å². The Kier molecular flexibility index (Phi) is 4.41. The van der Waals surface area contributed by atoms with Gasteiger partial charge in [0.15, 0.2) is 5.65 Å². The van der Waals surface area contributed by atoms with Crippen molar-refractivity contribution in [3.63, 3.8) is 0 Å². The molecule has 5 rings (SSSR count). The average molecular weight is 392 g/mol. The summed E-state index contributed by atoms with van der Waals surface area (Å²) in [4.78, 5) is 33.8. The number of nitrogens with zero attached hydrogens (tertiary/aromatic N) is 5. The van der Waals surface area contributed by atoms with Gasteiger partial charge in [0, 0.05) is 25.4 Å². The largest absolute Gasteiger partial charge is 0.353 e. The molecule has 150 valence electrons. The Hall–Kier alpha value is -3.03. The van der Waals surface area contributed by atoms with Crippen molar-refractivity contribution in [1.29, 1.82) is 0 Å². The maximum absolute atomic E-state index is 12.6. The fourth-order valence-corrected chi connectivity index (χ4v) is 4.56. The van der Waals surface area contributed by atoms with Crippen LogP contribution in [0.4, 0.5) is 5.95 Å². The molecule has 0 bridgehead atoms. The van der Waals surface area contributed by atoms with Crippen LogP contribution in [0, 0.1) is 0 Å². The quantitative estimate of drug-likeness (QED) is 0.732. The van der Waals surface area contributed by atoms with E-state index in [9.17, 15) is 9.59 Å². The number of hydrogen-bond acceptors (Lipinski definition) is 6. The summed E-state index contributed by atoms with van der Waals surface area (Å²) in [5, 5.41) is 8.60. The Morgan fingerprint density at radius 2 is 1.97 bits per heavy atom. The third-order valence-electron chi connectivity index (χ3n) is 6.21. The van der Waals surface area contributed by atoms with E-state index in [1.807, 2.05) is 0 Å². The molecule has 1 N–H and O–H groups in total. The molecule has 0 radical (unpaired) electrons. The van der Waals surface area contributed by atoms with Crippen molar-refractivity contribution in [2.24, 2.45) is 7.05 Å². The Bertz CT molecular complexity index is 1190. The van der Waals surface area contributed by atoms with E-state index in [-0.39, 0.29) is 23.2 Å². The van der Waals surface area contributed by atoms with Crippen molar-refractivity contribution < 1.29 is 0 Å². The monoisotopic (exact) mass is 392 g/mol. The molecule has 29 heavy (non-hydrogen) atoms. The predicted molar refractivity (Wildman–Crippen MR) is 110 cm³/mol. The zero-order chi connectivity index (χ0) is 20.0. The minimum atomic E-state index is -0.104. The van der Waals surface area contributed by atoms with Gasteiger partial charge >= 0.3 is 0 Å². The molecule has 0 saturated heterocycles. The maximum atomic E-state index is 12.6. The van der Waals surface area contributed by atoms with Crippen LogP contribution in [0.25, 0.3) is 11.0 Å². The summed E-state index contributed by atoms with van der Waals surface area (Å²) in [6.45, 7) is 0. The van der Waals surface area contributed by atoms with Gasteiger partial charge in [-0.05, 0) is 62.6 Å². The average Bonchev–Trinajstić information content (AvgIpc) is 3.19. The fraction of sp³-hybridized carbons (Fsp3) is 0.476. The lowest BCUT2D eigenvalue weighted by Crippen LogP contribution is -2.35. The minimum absolute atomic E-state index is 0.0201. The molecule has 0 unspecified atom stereocenters. The molecule has 1 saturated carbocycles. The van der Waals surface area contributed by atoms with E-state index < -0.39 is 0 Å². The molecule has 3 aromatic rings. The highest BCUT2D eigenvalue weighted by Crippen LogP contribution is 2.29. The van der Waals surface area contributed by atoms with Crippen LogP contribution in [0.1, 0.15) is 49.4 Å². The summed E-state index contributed by atoms with van der Waals surface area (Å²) < 4.78 is 3.25. The van der Waals surface area contributed by atoms with Gasteiger partial charge < -0.3 is 5.32 Å². The molecule has 8 nitrogen and oxygen atoms in total. The Morgan fingerprint density at radius 3 is 2.79 bits per heavy atom. The summed E-state index contributed by atoms with van der Waals surface area (Å²) in [5.74, 6) is 0.539. The number of aromatic nitrogens is 5. The first kappa shape index (κ1) is 18.0. The van der Waals surface area contributed by atoms with E-state index in [2.05, 4.69) is 20.4 Å². The van der Waals surface area contributed by atoms with Gasteiger partial charge in [-0.2, -0.15) is 10.1 Å². The van der Waals surface area contributed by atoms with Crippen molar-refractivity contribution in [3.05, 3.63) is 56.4 Å². The van der Waals surface area contributed by atoms with Crippen LogP contribution in [0.15, 0.2) is 34.0 Å².